The third-order valence-corrected chi connectivity index (χ3v) is 3.85. The second-order valence-electron chi connectivity index (χ2n) is 5.26. The highest BCUT2D eigenvalue weighted by molar-refractivity contribution is 6.31. The molecule has 0 fully saturated rings. The molecule has 0 bridgehead atoms. The molecule has 0 spiro atoms. The van der Waals surface area contributed by atoms with E-state index < -0.39 is 41.4 Å². The van der Waals surface area contributed by atoms with Gasteiger partial charge in [0.25, 0.3) is 5.91 Å². The van der Waals surface area contributed by atoms with Crippen molar-refractivity contribution < 1.29 is 27.5 Å². The standard InChI is InChI=1S/C17H14ClF3N2O3/c1-8-5-12(13(26-2)6-10(8)18)23-14(24)7-22-17(25)9-3-4-11(19)16(21)15(9)20/h3-6H,7H2,1-2H3,(H,22,25)(H,23,24). The van der Waals surface area contributed by atoms with E-state index in [9.17, 15) is 22.8 Å². The summed E-state index contributed by atoms with van der Waals surface area (Å²) in [6, 6.07) is 4.50. The molecular weight excluding hydrogens is 373 g/mol. The van der Waals surface area contributed by atoms with Gasteiger partial charge >= 0.3 is 0 Å². The fourth-order valence-corrected chi connectivity index (χ4v) is 2.23. The van der Waals surface area contributed by atoms with E-state index in [2.05, 4.69) is 10.6 Å². The summed E-state index contributed by atoms with van der Waals surface area (Å²) in [7, 11) is 1.39. The van der Waals surface area contributed by atoms with Gasteiger partial charge in [-0.25, -0.2) is 13.2 Å². The molecular formula is C17H14ClF3N2O3. The van der Waals surface area contributed by atoms with Crippen molar-refractivity contribution in [1.82, 2.24) is 5.32 Å². The normalized spacial score (nSPS) is 10.4. The van der Waals surface area contributed by atoms with Gasteiger partial charge in [0.05, 0.1) is 24.9 Å². The lowest BCUT2D eigenvalue weighted by Crippen LogP contribution is -2.33. The van der Waals surface area contributed by atoms with Crippen molar-refractivity contribution in [2.45, 2.75) is 6.92 Å². The molecule has 2 aromatic rings. The molecule has 0 saturated heterocycles. The number of benzene rings is 2. The Morgan fingerprint density at radius 1 is 1.15 bits per heavy atom. The highest BCUT2D eigenvalue weighted by Crippen LogP contribution is 2.30. The lowest BCUT2D eigenvalue weighted by atomic mass is 10.2. The van der Waals surface area contributed by atoms with E-state index in [1.165, 1.54) is 13.2 Å². The van der Waals surface area contributed by atoms with Gasteiger partial charge in [0.2, 0.25) is 5.91 Å². The van der Waals surface area contributed by atoms with Crippen molar-refractivity contribution in [3.63, 3.8) is 0 Å². The monoisotopic (exact) mass is 386 g/mol. The lowest BCUT2D eigenvalue weighted by molar-refractivity contribution is -0.115. The molecule has 5 nitrogen and oxygen atoms in total. The summed E-state index contributed by atoms with van der Waals surface area (Å²) in [5.41, 5.74) is 0.305. The van der Waals surface area contributed by atoms with Crippen LogP contribution in [0.1, 0.15) is 15.9 Å². The van der Waals surface area contributed by atoms with E-state index >= 15 is 0 Å². The van der Waals surface area contributed by atoms with Crippen LogP contribution in [0.25, 0.3) is 0 Å². The van der Waals surface area contributed by atoms with E-state index in [0.29, 0.717) is 28.1 Å². The number of methoxy groups -OCH3 is 1. The molecule has 0 unspecified atom stereocenters. The SMILES string of the molecule is COc1cc(Cl)c(C)cc1NC(=O)CNC(=O)c1ccc(F)c(F)c1F. The largest absolute Gasteiger partial charge is 0.495 e. The molecule has 0 aromatic heterocycles. The first kappa shape index (κ1) is 19.6. The third-order valence-electron chi connectivity index (χ3n) is 3.44. The van der Waals surface area contributed by atoms with Crippen LogP contribution in [-0.2, 0) is 4.79 Å². The molecule has 2 rings (SSSR count). The average Bonchev–Trinajstić information content (AvgIpc) is 2.60. The highest BCUT2D eigenvalue weighted by Gasteiger charge is 2.19. The number of halogens is 4. The van der Waals surface area contributed by atoms with Crippen LogP contribution in [0.4, 0.5) is 18.9 Å². The number of carbonyl (C=O) groups is 2. The maximum absolute atomic E-state index is 13.6. The first-order valence-electron chi connectivity index (χ1n) is 7.30. The Balaban J connectivity index is 2.05. The van der Waals surface area contributed by atoms with E-state index in [0.717, 1.165) is 6.07 Å². The van der Waals surface area contributed by atoms with Crippen LogP contribution in [-0.4, -0.2) is 25.5 Å². The summed E-state index contributed by atoms with van der Waals surface area (Å²) in [5, 5.41) is 5.08. The minimum absolute atomic E-state index is 0.312. The van der Waals surface area contributed by atoms with Crippen molar-refractivity contribution in [1.29, 1.82) is 0 Å². The topological polar surface area (TPSA) is 67.4 Å². The molecule has 0 saturated carbocycles. The van der Waals surface area contributed by atoms with Gasteiger partial charge in [-0.15, -0.1) is 0 Å². The Hall–Kier alpha value is -2.74. The number of amides is 2. The van der Waals surface area contributed by atoms with Crippen molar-refractivity contribution in [2.24, 2.45) is 0 Å². The minimum atomic E-state index is -1.76. The second-order valence-corrected chi connectivity index (χ2v) is 5.66. The number of aryl methyl sites for hydroxylation is 1. The number of hydrogen-bond donors (Lipinski definition) is 2. The van der Waals surface area contributed by atoms with E-state index in [4.69, 9.17) is 16.3 Å². The summed E-state index contributed by atoms with van der Waals surface area (Å²) in [6.07, 6.45) is 0. The Labute approximate surface area is 152 Å². The van der Waals surface area contributed by atoms with Gasteiger partial charge in [-0.1, -0.05) is 11.6 Å². The van der Waals surface area contributed by atoms with Crippen molar-refractivity contribution in [3.05, 3.63) is 57.9 Å². The van der Waals surface area contributed by atoms with Crippen LogP contribution in [0.15, 0.2) is 24.3 Å². The molecule has 2 aromatic carbocycles. The van der Waals surface area contributed by atoms with Crippen LogP contribution in [0.2, 0.25) is 5.02 Å². The molecule has 0 atom stereocenters. The van der Waals surface area contributed by atoms with Crippen LogP contribution in [0.3, 0.4) is 0 Å². The van der Waals surface area contributed by atoms with Crippen molar-refractivity contribution in [3.8, 4) is 5.75 Å². The van der Waals surface area contributed by atoms with Crippen molar-refractivity contribution in [2.75, 3.05) is 19.0 Å². The number of anilines is 1. The first-order valence-corrected chi connectivity index (χ1v) is 7.68. The summed E-state index contributed by atoms with van der Waals surface area (Å²) in [5.74, 6) is -6.19. The predicted octanol–water partition coefficient (Wildman–Crippen LogP) is 3.44. The van der Waals surface area contributed by atoms with Crippen LogP contribution in [0, 0.1) is 24.4 Å². The molecule has 0 heterocycles. The summed E-state index contributed by atoms with van der Waals surface area (Å²) < 4.78 is 44.7. The van der Waals surface area contributed by atoms with Crippen LogP contribution in [0.5, 0.6) is 5.75 Å². The fourth-order valence-electron chi connectivity index (χ4n) is 2.08. The Morgan fingerprint density at radius 3 is 2.50 bits per heavy atom. The minimum Gasteiger partial charge on any atom is -0.495 e. The van der Waals surface area contributed by atoms with E-state index in [1.807, 2.05) is 0 Å². The zero-order valence-electron chi connectivity index (χ0n) is 13.8. The Bertz CT molecular complexity index is 875. The number of hydrogen-bond acceptors (Lipinski definition) is 3. The number of carbonyl (C=O) groups excluding carboxylic acids is 2. The van der Waals surface area contributed by atoms with Gasteiger partial charge < -0.3 is 15.4 Å². The molecule has 2 N–H and O–H groups in total. The van der Waals surface area contributed by atoms with Crippen LogP contribution >= 0.6 is 11.6 Å². The Kier molecular flexibility index (Phi) is 6.10. The number of ether oxygens (including phenoxy) is 1. The predicted molar refractivity (Wildman–Crippen MR) is 90.0 cm³/mol. The highest BCUT2D eigenvalue weighted by atomic mass is 35.5. The summed E-state index contributed by atoms with van der Waals surface area (Å²) in [6.45, 7) is 1.20. The average molecular weight is 387 g/mol. The Morgan fingerprint density at radius 2 is 1.85 bits per heavy atom. The van der Waals surface area contributed by atoms with Gasteiger partial charge in [-0.05, 0) is 30.7 Å². The molecule has 0 radical (unpaired) electrons. The second kappa shape index (κ2) is 8.09. The number of nitrogens with one attached hydrogen (secondary N) is 2. The zero-order chi connectivity index (χ0) is 19.4. The smallest absolute Gasteiger partial charge is 0.254 e. The van der Waals surface area contributed by atoms with Crippen LogP contribution < -0.4 is 15.4 Å². The molecule has 9 heteroatoms. The molecule has 0 aliphatic carbocycles. The van der Waals surface area contributed by atoms with E-state index in [1.54, 1.807) is 13.0 Å². The maximum Gasteiger partial charge on any atom is 0.254 e. The maximum atomic E-state index is 13.6. The lowest BCUT2D eigenvalue weighted by Gasteiger charge is -2.13. The molecule has 138 valence electrons. The zero-order valence-corrected chi connectivity index (χ0v) is 14.5. The molecule has 26 heavy (non-hydrogen) atoms. The summed E-state index contributed by atoms with van der Waals surface area (Å²) >= 11 is 5.97. The van der Waals surface area contributed by atoms with E-state index in [-0.39, 0.29) is 0 Å². The third kappa shape index (κ3) is 4.26. The van der Waals surface area contributed by atoms with Gasteiger partial charge in [-0.3, -0.25) is 9.59 Å². The van der Waals surface area contributed by atoms with Gasteiger partial charge in [0, 0.05) is 11.1 Å². The molecule has 2 amide bonds. The number of rotatable bonds is 5. The first-order chi connectivity index (χ1) is 12.2. The van der Waals surface area contributed by atoms with Gasteiger partial charge in [0.1, 0.15) is 5.75 Å². The quantitative estimate of drug-likeness (QED) is 0.773. The molecule has 0 aliphatic rings. The van der Waals surface area contributed by atoms with Gasteiger partial charge in [-0.2, -0.15) is 0 Å². The fraction of sp³-hybridized carbons (Fsp3) is 0.176. The van der Waals surface area contributed by atoms with Gasteiger partial charge in [0.15, 0.2) is 17.5 Å². The summed E-state index contributed by atoms with van der Waals surface area (Å²) in [4.78, 5) is 23.8. The van der Waals surface area contributed by atoms with Crippen molar-refractivity contribution >= 4 is 29.1 Å². The molecule has 0 aliphatic heterocycles.